The summed E-state index contributed by atoms with van der Waals surface area (Å²) in [6, 6.07) is 19.3. The average Bonchev–Trinajstić information content (AvgIpc) is 2.46. The Hall–Kier alpha value is -1.51. The minimum Gasteiger partial charge on any atom is -0.305 e. The lowest BCUT2D eigenvalue weighted by Gasteiger charge is -2.14. The van der Waals surface area contributed by atoms with Crippen molar-refractivity contribution in [2.24, 2.45) is 0 Å². The molecule has 0 heterocycles. The molecule has 0 spiro atoms. The van der Waals surface area contributed by atoms with E-state index in [4.69, 9.17) is 0 Å². The molecule has 0 atom stereocenters. The fourth-order valence-electron chi connectivity index (χ4n) is 1.95. The van der Waals surface area contributed by atoms with Gasteiger partial charge in [0.05, 0.1) is 0 Å². The van der Waals surface area contributed by atoms with Crippen molar-refractivity contribution < 1.29 is 0 Å². The van der Waals surface area contributed by atoms with Crippen LogP contribution >= 0.6 is 11.8 Å². The highest BCUT2D eigenvalue weighted by molar-refractivity contribution is 8.02. The van der Waals surface area contributed by atoms with E-state index >= 15 is 0 Å². The van der Waals surface area contributed by atoms with E-state index in [9.17, 15) is 0 Å². The molecule has 0 unspecified atom stereocenters. The van der Waals surface area contributed by atoms with Crippen molar-refractivity contribution in [3.05, 3.63) is 71.1 Å². The molecule has 0 radical (unpaired) electrons. The maximum Gasteiger partial charge on any atom is 0.0238 e. The van der Waals surface area contributed by atoms with Gasteiger partial charge >= 0.3 is 0 Å². The Labute approximate surface area is 126 Å². The molecule has 0 aliphatic carbocycles. The molecule has 0 aromatic heterocycles. The average molecular weight is 283 g/mol. The molecule has 0 aliphatic rings. The van der Waals surface area contributed by atoms with Gasteiger partial charge in [0.1, 0.15) is 0 Å². The van der Waals surface area contributed by atoms with Gasteiger partial charge in [-0.3, -0.25) is 0 Å². The highest BCUT2D eigenvalue weighted by Gasteiger charge is 2.03. The van der Waals surface area contributed by atoms with Gasteiger partial charge in [0.2, 0.25) is 0 Å². The van der Waals surface area contributed by atoms with E-state index in [1.54, 1.807) is 11.8 Å². The molecule has 0 aliphatic heterocycles. The summed E-state index contributed by atoms with van der Waals surface area (Å²) in [7, 11) is 4.21. The van der Waals surface area contributed by atoms with Crippen molar-refractivity contribution in [3.8, 4) is 0 Å². The van der Waals surface area contributed by atoms with Crippen LogP contribution in [0.5, 0.6) is 0 Å². The van der Waals surface area contributed by atoms with Crippen LogP contribution in [0.15, 0.2) is 64.9 Å². The van der Waals surface area contributed by atoms with Gasteiger partial charge in [-0.1, -0.05) is 59.8 Å². The lowest BCUT2D eigenvalue weighted by molar-refractivity contribution is 0.463. The normalized spacial score (nSPS) is 11.9. The summed E-state index contributed by atoms with van der Waals surface area (Å²) in [4.78, 5) is 3.48. The first-order valence-electron chi connectivity index (χ1n) is 6.77. The Morgan fingerprint density at radius 2 is 1.65 bits per heavy atom. The first kappa shape index (κ1) is 14.9. The fourth-order valence-corrected chi connectivity index (χ4v) is 2.73. The van der Waals surface area contributed by atoms with Crippen molar-refractivity contribution in [1.82, 2.24) is 4.90 Å². The molecule has 0 saturated carbocycles. The summed E-state index contributed by atoms with van der Waals surface area (Å²) >= 11 is 1.79. The topological polar surface area (TPSA) is 3.24 Å². The predicted octanol–water partition coefficient (Wildman–Crippen LogP) is 4.69. The highest BCUT2D eigenvalue weighted by Crippen LogP contribution is 2.25. The zero-order chi connectivity index (χ0) is 14.4. The molecule has 104 valence electrons. The summed E-state index contributed by atoms with van der Waals surface area (Å²) in [5, 5.41) is 2.26. The summed E-state index contributed by atoms with van der Waals surface area (Å²) < 4.78 is 0. The van der Waals surface area contributed by atoms with Crippen molar-refractivity contribution in [3.63, 3.8) is 0 Å². The number of hydrogen-bond donors (Lipinski definition) is 0. The second kappa shape index (κ2) is 7.32. The highest BCUT2D eigenvalue weighted by atomic mass is 32.2. The van der Waals surface area contributed by atoms with Crippen molar-refractivity contribution in [2.45, 2.75) is 11.8 Å². The lowest BCUT2D eigenvalue weighted by atomic mass is 10.1. The van der Waals surface area contributed by atoms with E-state index in [1.807, 2.05) is 0 Å². The molecule has 0 fully saturated rings. The third-order valence-corrected chi connectivity index (χ3v) is 3.94. The molecule has 0 N–H and O–H groups in total. The Morgan fingerprint density at radius 1 is 1.00 bits per heavy atom. The molecule has 0 amide bonds. The van der Waals surface area contributed by atoms with Crippen LogP contribution in [0, 0.1) is 6.92 Å². The van der Waals surface area contributed by atoms with Gasteiger partial charge in [0, 0.05) is 11.4 Å². The van der Waals surface area contributed by atoms with Crippen LogP contribution in [0.4, 0.5) is 0 Å². The first-order valence-corrected chi connectivity index (χ1v) is 7.65. The van der Waals surface area contributed by atoms with E-state index in [-0.39, 0.29) is 0 Å². The quantitative estimate of drug-likeness (QED) is 0.732. The van der Waals surface area contributed by atoms with Crippen molar-refractivity contribution in [1.29, 1.82) is 0 Å². The van der Waals surface area contributed by atoms with Gasteiger partial charge < -0.3 is 4.90 Å². The minimum atomic E-state index is 0.947. The number of likely N-dealkylation sites (N-methyl/N-ethyl adjacent to an activating group) is 1. The zero-order valence-electron chi connectivity index (χ0n) is 12.3. The smallest absolute Gasteiger partial charge is 0.0238 e. The third kappa shape index (κ3) is 4.55. The first-order chi connectivity index (χ1) is 9.65. The molecular formula is C18H21NS. The van der Waals surface area contributed by atoms with E-state index in [0.717, 1.165) is 6.54 Å². The van der Waals surface area contributed by atoms with E-state index in [2.05, 4.69) is 85.9 Å². The maximum absolute atomic E-state index is 2.26. The Bertz CT molecular complexity index is 556. The van der Waals surface area contributed by atoms with E-state index < -0.39 is 0 Å². The van der Waals surface area contributed by atoms with Gasteiger partial charge in [-0.05, 0) is 49.7 Å². The number of aryl methyl sites for hydroxylation is 1. The molecule has 2 rings (SSSR count). The fraction of sp³-hybridized carbons (Fsp3) is 0.222. The molecule has 2 aromatic carbocycles. The monoisotopic (exact) mass is 283 g/mol. The molecule has 2 aromatic rings. The second-order valence-electron chi connectivity index (χ2n) is 5.18. The maximum atomic E-state index is 2.26. The Balaban J connectivity index is 2.18. The molecule has 0 bridgehead atoms. The van der Waals surface area contributed by atoms with Gasteiger partial charge in [-0.15, -0.1) is 0 Å². The number of rotatable bonds is 5. The van der Waals surface area contributed by atoms with Gasteiger partial charge in [-0.2, -0.15) is 0 Å². The Morgan fingerprint density at radius 3 is 2.25 bits per heavy atom. The second-order valence-corrected chi connectivity index (χ2v) is 6.12. The Kier molecular flexibility index (Phi) is 5.45. The van der Waals surface area contributed by atoms with E-state index in [1.165, 1.54) is 21.6 Å². The van der Waals surface area contributed by atoms with Crippen molar-refractivity contribution >= 4 is 17.3 Å². The summed E-state index contributed by atoms with van der Waals surface area (Å²) in [6.07, 6.45) is 0. The van der Waals surface area contributed by atoms with Crippen molar-refractivity contribution in [2.75, 3.05) is 20.6 Å². The minimum absolute atomic E-state index is 0.947. The summed E-state index contributed by atoms with van der Waals surface area (Å²) in [5.74, 6) is 0. The molecular weight excluding hydrogens is 262 g/mol. The van der Waals surface area contributed by atoms with Crippen LogP contribution in [0.1, 0.15) is 11.1 Å². The molecule has 0 saturated heterocycles. The summed E-state index contributed by atoms with van der Waals surface area (Å²) in [5.41, 5.74) is 3.94. The predicted molar refractivity (Wildman–Crippen MR) is 90.0 cm³/mol. The van der Waals surface area contributed by atoms with Gasteiger partial charge in [0.15, 0.2) is 0 Å². The summed E-state index contributed by atoms with van der Waals surface area (Å²) in [6.45, 7) is 3.06. The largest absolute Gasteiger partial charge is 0.305 e. The van der Waals surface area contributed by atoms with Gasteiger partial charge in [-0.25, -0.2) is 0 Å². The lowest BCUT2D eigenvalue weighted by Crippen LogP contribution is -2.14. The third-order valence-electron chi connectivity index (χ3n) is 2.99. The number of benzene rings is 2. The molecule has 1 nitrogen and oxygen atoms in total. The zero-order valence-corrected chi connectivity index (χ0v) is 13.2. The van der Waals surface area contributed by atoms with Crippen LogP contribution in [0.25, 0.3) is 5.57 Å². The van der Waals surface area contributed by atoms with Gasteiger partial charge in [0.25, 0.3) is 0 Å². The number of hydrogen-bond acceptors (Lipinski definition) is 2. The number of nitrogens with zero attached hydrogens (tertiary/aromatic N) is 1. The van der Waals surface area contributed by atoms with Crippen LogP contribution < -0.4 is 0 Å². The van der Waals surface area contributed by atoms with Crippen LogP contribution in [0.2, 0.25) is 0 Å². The SMILES string of the molecule is Cc1ccc(S/C=C(\CN(C)C)c2ccccc2)cc1. The molecule has 2 heteroatoms. The van der Waals surface area contributed by atoms with Crippen LogP contribution in [-0.2, 0) is 0 Å². The standard InChI is InChI=1S/C18H21NS/c1-15-9-11-18(12-10-15)20-14-17(13-19(2)3)16-7-5-4-6-8-16/h4-12,14H,13H2,1-3H3/b17-14+. The van der Waals surface area contributed by atoms with E-state index in [0.29, 0.717) is 0 Å². The number of thioether (sulfide) groups is 1. The van der Waals surface area contributed by atoms with Crippen LogP contribution in [0.3, 0.4) is 0 Å². The van der Waals surface area contributed by atoms with Crippen LogP contribution in [-0.4, -0.2) is 25.5 Å². The molecule has 20 heavy (non-hydrogen) atoms.